The second-order valence-electron chi connectivity index (χ2n) is 9.99. The third-order valence-corrected chi connectivity index (χ3v) is 6.35. The van der Waals surface area contributed by atoms with Crippen molar-refractivity contribution in [1.82, 2.24) is 14.5 Å². The van der Waals surface area contributed by atoms with Crippen LogP contribution in [0.2, 0.25) is 0 Å². The first-order chi connectivity index (χ1) is 16.8. The van der Waals surface area contributed by atoms with Gasteiger partial charge >= 0.3 is 6.09 Å². The monoisotopic (exact) mass is 467 g/mol. The zero-order valence-electron chi connectivity index (χ0n) is 20.3. The Kier molecular flexibility index (Phi) is 5.81. The molecule has 1 aliphatic heterocycles. The van der Waals surface area contributed by atoms with E-state index in [2.05, 4.69) is 33.1 Å². The van der Waals surface area contributed by atoms with E-state index < -0.39 is 5.60 Å². The van der Waals surface area contributed by atoms with Crippen LogP contribution in [0.5, 0.6) is 0 Å². The summed E-state index contributed by atoms with van der Waals surface area (Å²) in [6.45, 7) is 7.01. The maximum Gasteiger partial charge on any atom is 0.410 e. The van der Waals surface area contributed by atoms with Crippen LogP contribution >= 0.6 is 0 Å². The number of nitrogens with zero attached hydrogens (tertiary/aromatic N) is 4. The number of amides is 1. The number of likely N-dealkylation sites (tertiary alicyclic amines) is 1. The van der Waals surface area contributed by atoms with Gasteiger partial charge < -0.3 is 15.0 Å². The maximum atomic E-state index is 12.4. The smallest absolute Gasteiger partial charge is 0.410 e. The van der Waals surface area contributed by atoms with Gasteiger partial charge in [-0.15, -0.1) is 0 Å². The molecule has 2 heterocycles. The van der Waals surface area contributed by atoms with Gasteiger partial charge in [0.15, 0.2) is 0 Å². The Labute approximate surface area is 204 Å². The van der Waals surface area contributed by atoms with Crippen molar-refractivity contribution in [2.24, 2.45) is 0 Å². The summed E-state index contributed by atoms with van der Waals surface area (Å²) in [5, 5.41) is 15.1. The molecule has 178 valence electrons. The lowest BCUT2D eigenvalue weighted by atomic mass is 10.0. The van der Waals surface area contributed by atoms with Crippen LogP contribution in [0.15, 0.2) is 60.9 Å². The number of benzene rings is 3. The zero-order chi connectivity index (χ0) is 24.6. The maximum absolute atomic E-state index is 12.4. The second-order valence-corrected chi connectivity index (χ2v) is 9.99. The molecule has 1 saturated heterocycles. The SMILES string of the molecule is CC(C)(C)OC(=O)N1CCC(Nc2ccc3ncn(-c4ccc(C#N)c5ccccc45)c3c2)CC1. The van der Waals surface area contributed by atoms with Crippen LogP contribution in [0.1, 0.15) is 39.2 Å². The van der Waals surface area contributed by atoms with Crippen molar-refractivity contribution < 1.29 is 9.53 Å². The number of aromatic nitrogens is 2. The number of rotatable bonds is 3. The van der Waals surface area contributed by atoms with Crippen molar-refractivity contribution in [2.75, 3.05) is 18.4 Å². The molecule has 7 heteroatoms. The van der Waals surface area contributed by atoms with E-state index in [1.165, 1.54) is 0 Å². The minimum atomic E-state index is -0.481. The van der Waals surface area contributed by atoms with E-state index in [0.717, 1.165) is 46.0 Å². The number of imidazole rings is 1. The number of fused-ring (bicyclic) bond motifs is 2. The second kappa shape index (κ2) is 8.95. The predicted molar refractivity (Wildman–Crippen MR) is 138 cm³/mol. The zero-order valence-corrected chi connectivity index (χ0v) is 20.3. The van der Waals surface area contributed by atoms with Crippen LogP contribution in [0.25, 0.3) is 27.5 Å². The van der Waals surface area contributed by atoms with Crippen LogP contribution in [-0.4, -0.2) is 45.3 Å². The molecule has 0 aliphatic carbocycles. The summed E-state index contributed by atoms with van der Waals surface area (Å²) < 4.78 is 7.59. The molecule has 0 radical (unpaired) electrons. The third kappa shape index (κ3) is 4.65. The fourth-order valence-corrected chi connectivity index (χ4v) is 4.65. The van der Waals surface area contributed by atoms with Gasteiger partial charge in [-0.3, -0.25) is 4.57 Å². The predicted octanol–water partition coefficient (Wildman–Crippen LogP) is 5.86. The molecule has 0 unspecified atom stereocenters. The highest BCUT2D eigenvalue weighted by atomic mass is 16.6. The Hall–Kier alpha value is -4.05. The molecular weight excluding hydrogens is 438 g/mol. The molecule has 5 rings (SSSR count). The summed E-state index contributed by atoms with van der Waals surface area (Å²) in [4.78, 5) is 18.7. The molecular formula is C28H29N5O2. The molecule has 3 aromatic carbocycles. The number of carbonyl (C=O) groups excluding carboxylic acids is 1. The van der Waals surface area contributed by atoms with Crippen LogP contribution in [0.4, 0.5) is 10.5 Å². The number of hydrogen-bond acceptors (Lipinski definition) is 5. The molecule has 0 spiro atoms. The van der Waals surface area contributed by atoms with Crippen molar-refractivity contribution >= 4 is 33.6 Å². The van der Waals surface area contributed by atoms with Gasteiger partial charge in [-0.05, 0) is 63.9 Å². The fourth-order valence-electron chi connectivity index (χ4n) is 4.65. The standard InChI is InChI=1S/C28H29N5O2/c1-28(2,3)35-27(34)32-14-12-20(13-15-32)31-21-9-10-24-26(16-21)33(18-30-24)25-11-8-19(17-29)22-6-4-5-7-23(22)25/h4-11,16,18,20,31H,12-15H2,1-3H3. The molecule has 7 nitrogen and oxygen atoms in total. The van der Waals surface area contributed by atoms with Gasteiger partial charge in [0.25, 0.3) is 0 Å². The molecule has 0 bridgehead atoms. The lowest BCUT2D eigenvalue weighted by Gasteiger charge is -2.34. The molecule has 1 aliphatic rings. The summed E-state index contributed by atoms with van der Waals surface area (Å²) in [5.41, 5.74) is 4.09. The number of piperidine rings is 1. The number of anilines is 1. The van der Waals surface area contributed by atoms with Gasteiger partial charge in [0, 0.05) is 35.6 Å². The van der Waals surface area contributed by atoms with Crippen LogP contribution in [-0.2, 0) is 4.74 Å². The Morgan fingerprint density at radius 2 is 1.83 bits per heavy atom. The molecule has 0 saturated carbocycles. The van der Waals surface area contributed by atoms with E-state index in [9.17, 15) is 10.1 Å². The van der Waals surface area contributed by atoms with Crippen LogP contribution in [0, 0.1) is 11.3 Å². The van der Waals surface area contributed by atoms with Gasteiger partial charge in [0.05, 0.1) is 28.4 Å². The van der Waals surface area contributed by atoms with E-state index in [0.29, 0.717) is 18.7 Å². The molecule has 35 heavy (non-hydrogen) atoms. The number of ether oxygens (including phenoxy) is 1. The minimum absolute atomic E-state index is 0.240. The van der Waals surface area contributed by atoms with E-state index in [-0.39, 0.29) is 12.1 Å². The first-order valence-corrected chi connectivity index (χ1v) is 12.0. The average Bonchev–Trinajstić information content (AvgIpc) is 3.26. The Bertz CT molecular complexity index is 1440. The first kappa shape index (κ1) is 22.7. The molecule has 4 aromatic rings. The quantitative estimate of drug-likeness (QED) is 0.408. The van der Waals surface area contributed by atoms with Crippen molar-refractivity contribution in [1.29, 1.82) is 5.26 Å². The van der Waals surface area contributed by atoms with Gasteiger partial charge in [-0.1, -0.05) is 24.3 Å². The lowest BCUT2D eigenvalue weighted by Crippen LogP contribution is -2.44. The van der Waals surface area contributed by atoms with Crippen molar-refractivity contribution in [2.45, 2.75) is 45.3 Å². The summed E-state index contributed by atoms with van der Waals surface area (Å²) in [5.74, 6) is 0. The lowest BCUT2D eigenvalue weighted by molar-refractivity contribution is 0.0210. The van der Waals surface area contributed by atoms with Crippen molar-refractivity contribution in [3.8, 4) is 11.8 Å². The minimum Gasteiger partial charge on any atom is -0.444 e. The highest BCUT2D eigenvalue weighted by Crippen LogP contribution is 2.29. The molecule has 1 amide bonds. The van der Waals surface area contributed by atoms with E-state index in [1.807, 2.05) is 69.6 Å². The van der Waals surface area contributed by atoms with E-state index in [4.69, 9.17) is 4.74 Å². The van der Waals surface area contributed by atoms with E-state index >= 15 is 0 Å². The highest BCUT2D eigenvalue weighted by molar-refractivity contribution is 5.96. The Morgan fingerprint density at radius 3 is 2.54 bits per heavy atom. The highest BCUT2D eigenvalue weighted by Gasteiger charge is 2.27. The Balaban J connectivity index is 1.37. The van der Waals surface area contributed by atoms with Gasteiger partial charge in [0.2, 0.25) is 0 Å². The summed E-state index contributed by atoms with van der Waals surface area (Å²) in [6.07, 6.45) is 3.31. The third-order valence-electron chi connectivity index (χ3n) is 6.35. The molecule has 1 N–H and O–H groups in total. The summed E-state index contributed by atoms with van der Waals surface area (Å²) in [6, 6.07) is 20.6. The van der Waals surface area contributed by atoms with Gasteiger partial charge in [-0.2, -0.15) is 5.26 Å². The molecule has 1 aromatic heterocycles. The van der Waals surface area contributed by atoms with Crippen molar-refractivity contribution in [3.63, 3.8) is 0 Å². The van der Waals surface area contributed by atoms with Gasteiger partial charge in [-0.25, -0.2) is 9.78 Å². The summed E-state index contributed by atoms with van der Waals surface area (Å²) >= 11 is 0. The Morgan fingerprint density at radius 1 is 1.09 bits per heavy atom. The first-order valence-electron chi connectivity index (χ1n) is 12.0. The molecule has 0 atom stereocenters. The molecule has 1 fully saturated rings. The van der Waals surface area contributed by atoms with E-state index in [1.54, 1.807) is 4.90 Å². The van der Waals surface area contributed by atoms with Crippen molar-refractivity contribution in [3.05, 3.63) is 66.5 Å². The van der Waals surface area contributed by atoms with Gasteiger partial charge in [0.1, 0.15) is 11.9 Å². The normalized spacial score (nSPS) is 14.7. The number of nitrogens with one attached hydrogen (secondary N) is 1. The number of hydrogen-bond donors (Lipinski definition) is 1. The number of carbonyl (C=O) groups is 1. The topological polar surface area (TPSA) is 83.2 Å². The average molecular weight is 468 g/mol. The van der Waals surface area contributed by atoms with Crippen LogP contribution < -0.4 is 5.32 Å². The van der Waals surface area contributed by atoms with Crippen LogP contribution in [0.3, 0.4) is 0 Å². The fraction of sp³-hybridized carbons (Fsp3) is 0.321. The summed E-state index contributed by atoms with van der Waals surface area (Å²) in [7, 11) is 0. The number of nitriles is 1. The largest absolute Gasteiger partial charge is 0.444 e.